The summed E-state index contributed by atoms with van der Waals surface area (Å²) in [5.41, 5.74) is 11.8. The van der Waals surface area contributed by atoms with Gasteiger partial charge < -0.3 is 16.4 Å². The maximum atomic E-state index is 11.7. The third-order valence-electron chi connectivity index (χ3n) is 4.78. The number of amides is 1. The topological polar surface area (TPSA) is 79.5 Å². The number of fused-ring (bicyclic) bond motifs is 1. The molecule has 0 saturated heterocycles. The average Bonchev–Trinajstić information content (AvgIpc) is 2.67. The van der Waals surface area contributed by atoms with E-state index in [9.17, 15) is 4.79 Å². The first-order valence-corrected chi connectivity index (χ1v) is 9.72. The van der Waals surface area contributed by atoms with Crippen LogP contribution < -0.4 is 16.4 Å². The third-order valence-corrected chi connectivity index (χ3v) is 4.78. The van der Waals surface area contributed by atoms with E-state index in [0.29, 0.717) is 18.9 Å². The fourth-order valence-electron chi connectivity index (χ4n) is 3.45. The van der Waals surface area contributed by atoms with Gasteiger partial charge in [0.15, 0.2) is 5.96 Å². The van der Waals surface area contributed by atoms with E-state index in [2.05, 4.69) is 33.8 Å². The zero-order chi connectivity index (χ0) is 19.1. The van der Waals surface area contributed by atoms with Gasteiger partial charge in [-0.1, -0.05) is 31.2 Å². The molecule has 3 rings (SSSR count). The van der Waals surface area contributed by atoms with Gasteiger partial charge in [-0.25, -0.2) is 4.99 Å². The number of hydrogen-bond acceptors (Lipinski definition) is 2. The van der Waals surface area contributed by atoms with Gasteiger partial charge in [-0.3, -0.25) is 4.79 Å². The van der Waals surface area contributed by atoms with Crippen LogP contribution in [0.2, 0.25) is 0 Å². The van der Waals surface area contributed by atoms with Gasteiger partial charge in [0.1, 0.15) is 0 Å². The van der Waals surface area contributed by atoms with Crippen LogP contribution >= 0.6 is 24.0 Å². The maximum absolute atomic E-state index is 11.7. The molecular weight excluding hydrogens is 463 g/mol. The van der Waals surface area contributed by atoms with Gasteiger partial charge in [0.05, 0.1) is 6.54 Å². The lowest BCUT2D eigenvalue weighted by molar-refractivity contribution is -0.116. The lowest BCUT2D eigenvalue weighted by Crippen LogP contribution is -2.24. The van der Waals surface area contributed by atoms with Crippen molar-refractivity contribution in [2.24, 2.45) is 10.7 Å². The molecule has 0 aromatic heterocycles. The van der Waals surface area contributed by atoms with Crippen LogP contribution in [0, 0.1) is 0 Å². The van der Waals surface area contributed by atoms with Gasteiger partial charge in [-0.05, 0) is 67.0 Å². The summed E-state index contributed by atoms with van der Waals surface area (Å²) in [6.45, 7) is 2.45. The van der Waals surface area contributed by atoms with E-state index >= 15 is 0 Å². The molecule has 1 amide bonds. The van der Waals surface area contributed by atoms with Crippen LogP contribution in [-0.4, -0.2) is 11.9 Å². The SMILES string of the molecule is CCCC(=O)Nc1cccc(CN=C(N)Nc2cccc3c2CCCC3)c1.I. The number of carbonyl (C=O) groups is 1. The van der Waals surface area contributed by atoms with E-state index in [1.54, 1.807) is 0 Å². The molecule has 0 atom stereocenters. The van der Waals surface area contributed by atoms with Crippen LogP contribution in [-0.2, 0) is 24.2 Å². The van der Waals surface area contributed by atoms with Crippen molar-refractivity contribution in [2.75, 3.05) is 10.6 Å². The van der Waals surface area contributed by atoms with Crippen molar-refractivity contribution < 1.29 is 4.79 Å². The number of halogens is 1. The Labute approximate surface area is 184 Å². The standard InChI is InChI=1S/C22H28N4O.HI/c1-2-7-21(27)25-18-11-5-8-16(14-18)15-24-22(23)26-20-13-6-10-17-9-3-4-12-19(17)20;/h5-6,8,10-11,13-14H,2-4,7,9,12,15H2,1H3,(H,25,27)(H3,23,24,26);1H. The van der Waals surface area contributed by atoms with Gasteiger partial charge in [0.25, 0.3) is 0 Å². The largest absolute Gasteiger partial charge is 0.370 e. The van der Waals surface area contributed by atoms with Crippen LogP contribution in [0.5, 0.6) is 0 Å². The highest BCUT2D eigenvalue weighted by atomic mass is 127. The second-order valence-corrected chi connectivity index (χ2v) is 6.98. The number of nitrogens with two attached hydrogens (primary N) is 1. The first-order chi connectivity index (χ1) is 13.2. The van der Waals surface area contributed by atoms with Gasteiger partial charge in [0.2, 0.25) is 5.91 Å². The van der Waals surface area contributed by atoms with Crippen LogP contribution in [0.4, 0.5) is 11.4 Å². The number of carbonyl (C=O) groups excluding carboxylic acids is 1. The molecule has 0 bridgehead atoms. The monoisotopic (exact) mass is 492 g/mol. The van der Waals surface area contributed by atoms with Crippen molar-refractivity contribution in [3.63, 3.8) is 0 Å². The number of aryl methyl sites for hydroxylation is 1. The molecule has 1 aliphatic carbocycles. The summed E-state index contributed by atoms with van der Waals surface area (Å²) in [6.07, 6.45) is 6.07. The maximum Gasteiger partial charge on any atom is 0.224 e. The first-order valence-electron chi connectivity index (χ1n) is 9.72. The second kappa shape index (κ2) is 11.0. The van der Waals surface area contributed by atoms with Gasteiger partial charge >= 0.3 is 0 Å². The second-order valence-electron chi connectivity index (χ2n) is 6.98. The molecular formula is C22H29IN4O. The normalized spacial score (nSPS) is 13.2. The minimum atomic E-state index is 0. The summed E-state index contributed by atoms with van der Waals surface area (Å²) in [7, 11) is 0. The summed E-state index contributed by atoms with van der Waals surface area (Å²) < 4.78 is 0. The Hall–Kier alpha value is -2.09. The Balaban J connectivity index is 0.00000280. The molecule has 4 N–H and O–H groups in total. The Kier molecular flexibility index (Phi) is 8.76. The number of benzene rings is 2. The van der Waals surface area contributed by atoms with Crippen LogP contribution in [0.3, 0.4) is 0 Å². The highest BCUT2D eigenvalue weighted by Crippen LogP contribution is 2.27. The highest BCUT2D eigenvalue weighted by molar-refractivity contribution is 14.0. The van der Waals surface area contributed by atoms with Gasteiger partial charge in [0, 0.05) is 17.8 Å². The zero-order valence-corrected chi connectivity index (χ0v) is 18.7. The van der Waals surface area contributed by atoms with Crippen molar-refractivity contribution >= 4 is 47.2 Å². The van der Waals surface area contributed by atoms with E-state index in [0.717, 1.165) is 36.2 Å². The molecule has 150 valence electrons. The molecule has 0 heterocycles. The third kappa shape index (κ3) is 6.22. The van der Waals surface area contributed by atoms with Crippen molar-refractivity contribution in [2.45, 2.75) is 52.0 Å². The van der Waals surface area contributed by atoms with E-state index in [1.165, 1.54) is 24.0 Å². The Morgan fingerprint density at radius 3 is 2.71 bits per heavy atom. The van der Waals surface area contributed by atoms with Crippen LogP contribution in [0.15, 0.2) is 47.5 Å². The Bertz CT molecular complexity index is 835. The van der Waals surface area contributed by atoms with Crippen LogP contribution in [0.25, 0.3) is 0 Å². The molecule has 6 heteroatoms. The lowest BCUT2D eigenvalue weighted by Gasteiger charge is -2.19. The molecule has 5 nitrogen and oxygen atoms in total. The molecule has 0 saturated carbocycles. The molecule has 0 spiro atoms. The van der Waals surface area contributed by atoms with Crippen LogP contribution in [0.1, 0.15) is 49.3 Å². The molecule has 1 aliphatic rings. The first kappa shape index (κ1) is 22.2. The summed E-state index contributed by atoms with van der Waals surface area (Å²) in [4.78, 5) is 16.2. The number of nitrogens with one attached hydrogen (secondary N) is 2. The van der Waals surface area contributed by atoms with Crippen molar-refractivity contribution in [3.8, 4) is 0 Å². The average molecular weight is 492 g/mol. The Morgan fingerprint density at radius 1 is 1.11 bits per heavy atom. The van der Waals surface area contributed by atoms with E-state index in [-0.39, 0.29) is 29.9 Å². The highest BCUT2D eigenvalue weighted by Gasteiger charge is 2.13. The smallest absolute Gasteiger partial charge is 0.224 e. The van der Waals surface area contributed by atoms with E-state index in [4.69, 9.17) is 5.73 Å². The summed E-state index contributed by atoms with van der Waals surface area (Å²) in [5.74, 6) is 0.447. The predicted molar refractivity (Wildman–Crippen MR) is 127 cm³/mol. The number of nitrogens with zero attached hydrogens (tertiary/aromatic N) is 1. The number of anilines is 2. The fourth-order valence-corrected chi connectivity index (χ4v) is 3.45. The molecule has 28 heavy (non-hydrogen) atoms. The molecule has 2 aromatic rings. The summed E-state index contributed by atoms with van der Waals surface area (Å²) in [5, 5.41) is 6.17. The number of aliphatic imine (C=N–C) groups is 1. The molecule has 0 fully saturated rings. The van der Waals surface area contributed by atoms with Crippen molar-refractivity contribution in [3.05, 3.63) is 59.2 Å². The van der Waals surface area contributed by atoms with E-state index in [1.807, 2.05) is 31.2 Å². The molecule has 2 aromatic carbocycles. The fraction of sp³-hybridized carbons (Fsp3) is 0.364. The minimum absolute atomic E-state index is 0. The lowest BCUT2D eigenvalue weighted by atomic mass is 9.90. The Morgan fingerprint density at radius 2 is 1.89 bits per heavy atom. The molecule has 0 aliphatic heterocycles. The molecule has 0 radical (unpaired) electrons. The number of guanidine groups is 1. The quantitative estimate of drug-likeness (QED) is 0.307. The number of hydrogen-bond donors (Lipinski definition) is 3. The van der Waals surface area contributed by atoms with Crippen molar-refractivity contribution in [1.82, 2.24) is 0 Å². The zero-order valence-electron chi connectivity index (χ0n) is 16.3. The van der Waals surface area contributed by atoms with Gasteiger partial charge in [-0.15, -0.1) is 24.0 Å². The van der Waals surface area contributed by atoms with Gasteiger partial charge in [-0.2, -0.15) is 0 Å². The number of rotatable bonds is 6. The minimum Gasteiger partial charge on any atom is -0.370 e. The summed E-state index contributed by atoms with van der Waals surface area (Å²) in [6, 6.07) is 14.1. The predicted octanol–water partition coefficient (Wildman–Crippen LogP) is 4.85. The van der Waals surface area contributed by atoms with E-state index < -0.39 is 0 Å². The summed E-state index contributed by atoms with van der Waals surface area (Å²) >= 11 is 0. The molecule has 0 unspecified atom stereocenters. The van der Waals surface area contributed by atoms with Crippen molar-refractivity contribution in [1.29, 1.82) is 0 Å².